The Kier molecular flexibility index (Phi) is 4.62. The molecule has 0 aliphatic carbocycles. The Morgan fingerprint density at radius 2 is 1.94 bits per heavy atom. The number of hydrogen-bond acceptors (Lipinski definition) is 4. The van der Waals surface area contributed by atoms with Crippen LogP contribution in [-0.4, -0.2) is 25.5 Å². The minimum absolute atomic E-state index is 0.138. The molecule has 0 aliphatic rings. The highest BCUT2D eigenvalue weighted by molar-refractivity contribution is 7.92. The molecule has 1 aromatic carbocycles. The van der Waals surface area contributed by atoms with Crippen molar-refractivity contribution in [3.05, 3.63) is 24.3 Å². The van der Waals surface area contributed by atoms with Crippen LogP contribution in [0.5, 0.6) is 5.75 Å². The summed E-state index contributed by atoms with van der Waals surface area (Å²) in [4.78, 5) is 0. The molecule has 2 N–H and O–H groups in total. The number of benzene rings is 1. The molecule has 0 fully saturated rings. The first-order valence-corrected chi connectivity index (χ1v) is 7.58. The van der Waals surface area contributed by atoms with E-state index in [1.54, 1.807) is 45.0 Å². The fourth-order valence-corrected chi connectivity index (χ4v) is 2.46. The van der Waals surface area contributed by atoms with Gasteiger partial charge in [0, 0.05) is 11.8 Å². The summed E-state index contributed by atoms with van der Waals surface area (Å²) in [5.41, 5.74) is 6.25. The zero-order valence-electron chi connectivity index (χ0n) is 11.1. The lowest BCUT2D eigenvalue weighted by Gasteiger charge is -2.19. The average molecular weight is 271 g/mol. The number of rotatable bonds is 5. The summed E-state index contributed by atoms with van der Waals surface area (Å²) in [6.45, 7) is 5.50. The molecule has 0 amide bonds. The first kappa shape index (κ1) is 14.8. The van der Waals surface area contributed by atoms with Crippen molar-refractivity contribution >= 4 is 15.5 Å². The van der Waals surface area contributed by atoms with Gasteiger partial charge in [0.25, 0.3) is 0 Å². The van der Waals surface area contributed by atoms with E-state index in [1.165, 1.54) is 0 Å². The molecule has 0 unspecified atom stereocenters. The maximum absolute atomic E-state index is 11.8. The predicted octanol–water partition coefficient (Wildman–Crippen LogP) is 2.25. The molecule has 5 heteroatoms. The Morgan fingerprint density at radius 3 is 2.50 bits per heavy atom. The normalized spacial score (nSPS) is 12.4. The molecule has 0 saturated carbocycles. The van der Waals surface area contributed by atoms with Crippen LogP contribution in [0.15, 0.2) is 24.3 Å². The quantitative estimate of drug-likeness (QED) is 0.658. The lowest BCUT2D eigenvalue weighted by molar-refractivity contribution is 0.317. The van der Waals surface area contributed by atoms with Crippen molar-refractivity contribution in [2.45, 2.75) is 31.9 Å². The number of anilines is 1. The van der Waals surface area contributed by atoms with E-state index in [1.807, 2.05) is 0 Å². The predicted molar refractivity (Wildman–Crippen MR) is 74.5 cm³/mol. The van der Waals surface area contributed by atoms with Crippen LogP contribution in [0, 0.1) is 0 Å². The molecule has 18 heavy (non-hydrogen) atoms. The standard InChI is InChI=1S/C13H21NO3S/c1-13(2,3)18(15,16)9-5-8-17-12-7-4-6-11(14)10-12/h4,6-7,10H,5,8-9,14H2,1-3H3. The van der Waals surface area contributed by atoms with Crippen LogP contribution in [0.1, 0.15) is 27.2 Å². The van der Waals surface area contributed by atoms with Crippen molar-refractivity contribution in [3.63, 3.8) is 0 Å². The average Bonchev–Trinajstić information content (AvgIpc) is 2.23. The SMILES string of the molecule is CC(C)(C)S(=O)(=O)CCCOc1cccc(N)c1. The van der Waals surface area contributed by atoms with Crippen molar-refractivity contribution in [3.8, 4) is 5.75 Å². The van der Waals surface area contributed by atoms with Crippen LogP contribution in [0.3, 0.4) is 0 Å². The van der Waals surface area contributed by atoms with Crippen LogP contribution >= 0.6 is 0 Å². The van der Waals surface area contributed by atoms with E-state index in [4.69, 9.17) is 10.5 Å². The Labute approximate surface area is 109 Å². The molecule has 0 aliphatic heterocycles. The lowest BCUT2D eigenvalue weighted by atomic mass is 10.3. The van der Waals surface area contributed by atoms with Gasteiger partial charge in [-0.15, -0.1) is 0 Å². The van der Waals surface area contributed by atoms with E-state index < -0.39 is 14.6 Å². The second-order valence-electron chi connectivity index (χ2n) is 5.21. The molecule has 0 heterocycles. The number of sulfone groups is 1. The summed E-state index contributed by atoms with van der Waals surface area (Å²) in [6.07, 6.45) is 0.481. The van der Waals surface area contributed by atoms with Gasteiger partial charge in [0.2, 0.25) is 0 Å². The van der Waals surface area contributed by atoms with E-state index in [2.05, 4.69) is 0 Å². The summed E-state index contributed by atoms with van der Waals surface area (Å²) in [6, 6.07) is 7.10. The smallest absolute Gasteiger partial charge is 0.155 e. The van der Waals surface area contributed by atoms with E-state index in [9.17, 15) is 8.42 Å². The fourth-order valence-electron chi connectivity index (χ4n) is 1.35. The van der Waals surface area contributed by atoms with Crippen LogP contribution in [0.4, 0.5) is 5.69 Å². The second-order valence-corrected chi connectivity index (χ2v) is 8.07. The number of hydrogen-bond donors (Lipinski definition) is 1. The van der Waals surface area contributed by atoms with Gasteiger partial charge in [0.1, 0.15) is 5.75 Å². The van der Waals surface area contributed by atoms with Crippen LogP contribution in [0.25, 0.3) is 0 Å². The van der Waals surface area contributed by atoms with E-state index >= 15 is 0 Å². The first-order valence-electron chi connectivity index (χ1n) is 5.93. The van der Waals surface area contributed by atoms with Gasteiger partial charge in [-0.3, -0.25) is 0 Å². The van der Waals surface area contributed by atoms with Crippen LogP contribution in [0.2, 0.25) is 0 Å². The van der Waals surface area contributed by atoms with Gasteiger partial charge in [0.05, 0.1) is 17.1 Å². The Bertz CT molecular complexity index is 489. The Balaban J connectivity index is 2.41. The minimum Gasteiger partial charge on any atom is -0.493 e. The summed E-state index contributed by atoms with van der Waals surface area (Å²) < 4.78 is 28.4. The van der Waals surface area contributed by atoms with E-state index in [-0.39, 0.29) is 5.75 Å². The third-order valence-corrected chi connectivity index (χ3v) is 5.31. The van der Waals surface area contributed by atoms with E-state index in [0.29, 0.717) is 24.5 Å². The van der Waals surface area contributed by atoms with Crippen molar-refractivity contribution in [1.82, 2.24) is 0 Å². The molecule has 102 valence electrons. The minimum atomic E-state index is -3.07. The van der Waals surface area contributed by atoms with Gasteiger partial charge in [0.15, 0.2) is 9.84 Å². The highest BCUT2D eigenvalue weighted by Gasteiger charge is 2.28. The van der Waals surface area contributed by atoms with Gasteiger partial charge >= 0.3 is 0 Å². The van der Waals surface area contributed by atoms with E-state index in [0.717, 1.165) is 0 Å². The maximum atomic E-state index is 11.8. The van der Waals surface area contributed by atoms with Gasteiger partial charge < -0.3 is 10.5 Å². The number of ether oxygens (including phenoxy) is 1. The molecule has 0 bridgehead atoms. The molecular weight excluding hydrogens is 250 g/mol. The third-order valence-electron chi connectivity index (χ3n) is 2.62. The van der Waals surface area contributed by atoms with Crippen LogP contribution < -0.4 is 10.5 Å². The largest absolute Gasteiger partial charge is 0.493 e. The van der Waals surface area contributed by atoms with Gasteiger partial charge in [-0.25, -0.2) is 8.42 Å². The number of nitrogen functional groups attached to an aromatic ring is 1. The highest BCUT2D eigenvalue weighted by atomic mass is 32.2. The lowest BCUT2D eigenvalue weighted by Crippen LogP contribution is -2.30. The molecule has 1 aromatic rings. The molecule has 0 saturated heterocycles. The molecule has 0 radical (unpaired) electrons. The Hall–Kier alpha value is -1.23. The van der Waals surface area contributed by atoms with Crippen molar-refractivity contribution in [2.75, 3.05) is 18.1 Å². The number of nitrogens with two attached hydrogens (primary N) is 1. The van der Waals surface area contributed by atoms with Crippen LogP contribution in [-0.2, 0) is 9.84 Å². The maximum Gasteiger partial charge on any atom is 0.155 e. The Morgan fingerprint density at radius 1 is 1.28 bits per heavy atom. The van der Waals surface area contributed by atoms with Gasteiger partial charge in [-0.1, -0.05) is 6.07 Å². The summed E-state index contributed by atoms with van der Waals surface area (Å²) in [7, 11) is -3.07. The highest BCUT2D eigenvalue weighted by Crippen LogP contribution is 2.18. The van der Waals surface area contributed by atoms with Gasteiger partial charge in [-0.2, -0.15) is 0 Å². The molecule has 0 spiro atoms. The zero-order valence-corrected chi connectivity index (χ0v) is 12.0. The third kappa shape index (κ3) is 4.22. The summed E-state index contributed by atoms with van der Waals surface area (Å²) >= 11 is 0. The molecule has 1 rings (SSSR count). The van der Waals surface area contributed by atoms with Crippen molar-refractivity contribution in [2.24, 2.45) is 0 Å². The topological polar surface area (TPSA) is 69.4 Å². The fraction of sp³-hybridized carbons (Fsp3) is 0.538. The zero-order chi connectivity index (χ0) is 13.8. The van der Waals surface area contributed by atoms with Crippen molar-refractivity contribution < 1.29 is 13.2 Å². The van der Waals surface area contributed by atoms with Crippen molar-refractivity contribution in [1.29, 1.82) is 0 Å². The summed E-state index contributed by atoms with van der Waals surface area (Å²) in [5, 5.41) is 0. The summed E-state index contributed by atoms with van der Waals surface area (Å²) in [5.74, 6) is 0.807. The molecule has 0 atom stereocenters. The monoisotopic (exact) mass is 271 g/mol. The first-order chi connectivity index (χ1) is 8.22. The van der Waals surface area contributed by atoms with Gasteiger partial charge in [-0.05, 0) is 39.3 Å². The molecule has 4 nitrogen and oxygen atoms in total. The second kappa shape index (κ2) is 5.61. The molecule has 0 aromatic heterocycles. The molecular formula is C13H21NO3S.